The quantitative estimate of drug-likeness (QED) is 0.780. The van der Waals surface area contributed by atoms with E-state index < -0.39 is 0 Å². The monoisotopic (exact) mass is 357 g/mol. The second kappa shape index (κ2) is 9.13. The smallest absolute Gasteiger partial charge is 0.220 e. The number of carbonyl (C=O) groups excluding carboxylic acids is 1. The molecule has 5 nitrogen and oxygen atoms in total. The Morgan fingerprint density at radius 3 is 2.42 bits per heavy atom. The minimum absolute atomic E-state index is 0.0223. The molecule has 0 heterocycles. The maximum atomic E-state index is 12.4. The number of para-hydroxylation sites is 1. The lowest BCUT2D eigenvalue weighted by Crippen LogP contribution is -2.27. The SMILES string of the molecule is COc1ccc(C)cc1[C@H](C)NC(=O)CCc1cccc(OC)c1OC. The number of aryl methyl sites for hydroxylation is 2. The Bertz CT molecular complexity index is 758. The summed E-state index contributed by atoms with van der Waals surface area (Å²) in [6.07, 6.45) is 0.936. The van der Waals surface area contributed by atoms with Gasteiger partial charge in [0.1, 0.15) is 5.75 Å². The number of benzene rings is 2. The molecule has 0 spiro atoms. The molecule has 1 atom stereocenters. The van der Waals surface area contributed by atoms with Gasteiger partial charge in [-0.05, 0) is 38.0 Å². The normalized spacial score (nSPS) is 11.6. The van der Waals surface area contributed by atoms with Crippen LogP contribution in [-0.4, -0.2) is 27.2 Å². The first kappa shape index (κ1) is 19.6. The van der Waals surface area contributed by atoms with Gasteiger partial charge in [0.15, 0.2) is 11.5 Å². The van der Waals surface area contributed by atoms with E-state index in [2.05, 4.69) is 5.32 Å². The van der Waals surface area contributed by atoms with Crippen molar-refractivity contribution in [2.45, 2.75) is 32.7 Å². The molecule has 0 aliphatic carbocycles. The third-order valence-corrected chi connectivity index (χ3v) is 4.34. The van der Waals surface area contributed by atoms with Gasteiger partial charge in [-0.1, -0.05) is 29.8 Å². The Morgan fingerprint density at radius 1 is 1.04 bits per heavy atom. The average molecular weight is 357 g/mol. The molecule has 2 aromatic rings. The summed E-state index contributed by atoms with van der Waals surface area (Å²) in [5, 5.41) is 3.04. The van der Waals surface area contributed by atoms with Crippen molar-refractivity contribution in [2.75, 3.05) is 21.3 Å². The van der Waals surface area contributed by atoms with Crippen LogP contribution in [0.15, 0.2) is 36.4 Å². The van der Waals surface area contributed by atoms with Crippen LogP contribution in [0.1, 0.15) is 36.1 Å². The highest BCUT2D eigenvalue weighted by Crippen LogP contribution is 2.31. The molecular weight excluding hydrogens is 330 g/mol. The summed E-state index contributed by atoms with van der Waals surface area (Å²) < 4.78 is 16.1. The van der Waals surface area contributed by atoms with Crippen molar-refractivity contribution in [3.8, 4) is 17.2 Å². The summed E-state index contributed by atoms with van der Waals surface area (Å²) in [6, 6.07) is 11.5. The van der Waals surface area contributed by atoms with Crippen molar-refractivity contribution in [2.24, 2.45) is 0 Å². The zero-order chi connectivity index (χ0) is 19.1. The van der Waals surface area contributed by atoms with E-state index in [0.717, 1.165) is 22.4 Å². The van der Waals surface area contributed by atoms with Crippen molar-refractivity contribution in [1.82, 2.24) is 5.32 Å². The molecule has 0 radical (unpaired) electrons. The Kier molecular flexibility index (Phi) is 6.89. The first-order chi connectivity index (χ1) is 12.5. The molecule has 0 saturated carbocycles. The molecule has 26 heavy (non-hydrogen) atoms. The molecule has 0 saturated heterocycles. The summed E-state index contributed by atoms with van der Waals surface area (Å²) in [6.45, 7) is 3.98. The minimum atomic E-state index is -0.135. The Balaban J connectivity index is 2.03. The first-order valence-electron chi connectivity index (χ1n) is 8.64. The van der Waals surface area contributed by atoms with Crippen molar-refractivity contribution in [1.29, 1.82) is 0 Å². The van der Waals surface area contributed by atoms with Gasteiger partial charge < -0.3 is 19.5 Å². The number of hydrogen-bond acceptors (Lipinski definition) is 4. The third-order valence-electron chi connectivity index (χ3n) is 4.34. The lowest BCUT2D eigenvalue weighted by Gasteiger charge is -2.18. The maximum Gasteiger partial charge on any atom is 0.220 e. The Morgan fingerprint density at radius 2 is 1.77 bits per heavy atom. The van der Waals surface area contributed by atoms with Crippen molar-refractivity contribution in [3.63, 3.8) is 0 Å². The molecule has 140 valence electrons. The number of rotatable bonds is 8. The van der Waals surface area contributed by atoms with Crippen LogP contribution in [0, 0.1) is 6.92 Å². The summed E-state index contributed by atoms with van der Waals surface area (Å²) >= 11 is 0. The highest BCUT2D eigenvalue weighted by atomic mass is 16.5. The number of carbonyl (C=O) groups is 1. The maximum absolute atomic E-state index is 12.4. The standard InChI is InChI=1S/C21H27NO4/c1-14-9-11-18(24-3)17(13-14)15(2)22-20(23)12-10-16-7-6-8-19(25-4)21(16)26-5/h6-9,11,13,15H,10,12H2,1-5H3,(H,22,23)/t15-/m0/s1. The summed E-state index contributed by atoms with van der Waals surface area (Å²) in [5.74, 6) is 2.10. The molecule has 2 rings (SSSR count). The number of methoxy groups -OCH3 is 3. The molecule has 1 N–H and O–H groups in total. The van der Waals surface area contributed by atoms with E-state index in [1.807, 2.05) is 50.2 Å². The molecule has 5 heteroatoms. The van der Waals surface area contributed by atoms with Gasteiger partial charge in [0, 0.05) is 12.0 Å². The first-order valence-corrected chi connectivity index (χ1v) is 8.64. The zero-order valence-electron chi connectivity index (χ0n) is 16.1. The van der Waals surface area contributed by atoms with Crippen LogP contribution in [0.2, 0.25) is 0 Å². The fourth-order valence-electron chi connectivity index (χ4n) is 2.98. The second-order valence-corrected chi connectivity index (χ2v) is 6.19. The van der Waals surface area contributed by atoms with Crippen LogP contribution in [-0.2, 0) is 11.2 Å². The van der Waals surface area contributed by atoms with Crippen LogP contribution >= 0.6 is 0 Å². The van der Waals surface area contributed by atoms with Gasteiger partial charge in [-0.3, -0.25) is 4.79 Å². The molecule has 0 bridgehead atoms. The highest BCUT2D eigenvalue weighted by molar-refractivity contribution is 5.77. The van der Waals surface area contributed by atoms with E-state index in [0.29, 0.717) is 24.3 Å². The molecule has 1 amide bonds. The van der Waals surface area contributed by atoms with E-state index >= 15 is 0 Å². The van der Waals surface area contributed by atoms with Crippen molar-refractivity contribution < 1.29 is 19.0 Å². The van der Waals surface area contributed by atoms with Crippen LogP contribution < -0.4 is 19.5 Å². The Hall–Kier alpha value is -2.69. The third kappa shape index (κ3) is 4.69. The molecular formula is C21H27NO4. The average Bonchev–Trinajstić information content (AvgIpc) is 2.65. The predicted molar refractivity (Wildman–Crippen MR) is 102 cm³/mol. The molecule has 0 fully saturated rings. The van der Waals surface area contributed by atoms with Gasteiger partial charge in [-0.15, -0.1) is 0 Å². The van der Waals surface area contributed by atoms with Gasteiger partial charge in [0.05, 0.1) is 27.4 Å². The van der Waals surface area contributed by atoms with Gasteiger partial charge in [0.25, 0.3) is 0 Å². The van der Waals surface area contributed by atoms with E-state index in [4.69, 9.17) is 14.2 Å². The number of amides is 1. The number of nitrogens with one attached hydrogen (secondary N) is 1. The lowest BCUT2D eigenvalue weighted by molar-refractivity contribution is -0.121. The second-order valence-electron chi connectivity index (χ2n) is 6.19. The van der Waals surface area contributed by atoms with E-state index in [-0.39, 0.29) is 11.9 Å². The van der Waals surface area contributed by atoms with Gasteiger partial charge in [-0.2, -0.15) is 0 Å². The lowest BCUT2D eigenvalue weighted by atomic mass is 10.0. The highest BCUT2D eigenvalue weighted by Gasteiger charge is 2.16. The van der Waals surface area contributed by atoms with Crippen LogP contribution in [0.4, 0.5) is 0 Å². The van der Waals surface area contributed by atoms with E-state index in [1.54, 1.807) is 21.3 Å². The van der Waals surface area contributed by atoms with Crippen molar-refractivity contribution in [3.05, 3.63) is 53.1 Å². The van der Waals surface area contributed by atoms with Crippen molar-refractivity contribution >= 4 is 5.91 Å². The fraction of sp³-hybridized carbons (Fsp3) is 0.381. The summed E-state index contributed by atoms with van der Waals surface area (Å²) in [7, 11) is 4.84. The van der Waals surface area contributed by atoms with Gasteiger partial charge in [-0.25, -0.2) is 0 Å². The molecule has 0 aliphatic heterocycles. The largest absolute Gasteiger partial charge is 0.496 e. The number of hydrogen-bond donors (Lipinski definition) is 1. The molecule has 0 unspecified atom stereocenters. The molecule has 0 aromatic heterocycles. The Labute approximate surface area is 155 Å². The summed E-state index contributed by atoms with van der Waals surface area (Å²) in [5.41, 5.74) is 3.05. The minimum Gasteiger partial charge on any atom is -0.496 e. The van der Waals surface area contributed by atoms with Gasteiger partial charge in [0.2, 0.25) is 5.91 Å². The summed E-state index contributed by atoms with van der Waals surface area (Å²) in [4.78, 5) is 12.4. The van der Waals surface area contributed by atoms with Crippen LogP contribution in [0.5, 0.6) is 17.2 Å². The molecule has 2 aromatic carbocycles. The molecule has 0 aliphatic rings. The van der Waals surface area contributed by atoms with Crippen LogP contribution in [0.3, 0.4) is 0 Å². The predicted octanol–water partition coefficient (Wildman–Crippen LogP) is 3.83. The van der Waals surface area contributed by atoms with Gasteiger partial charge >= 0.3 is 0 Å². The van der Waals surface area contributed by atoms with E-state index in [1.165, 1.54) is 0 Å². The zero-order valence-corrected chi connectivity index (χ0v) is 16.1. The fourth-order valence-corrected chi connectivity index (χ4v) is 2.98. The van der Waals surface area contributed by atoms with E-state index in [9.17, 15) is 4.79 Å². The number of ether oxygens (including phenoxy) is 3. The van der Waals surface area contributed by atoms with Crippen LogP contribution in [0.25, 0.3) is 0 Å². The topological polar surface area (TPSA) is 56.8 Å².